The summed E-state index contributed by atoms with van der Waals surface area (Å²) in [6.45, 7) is 9.64. The number of nitrogens with one attached hydrogen (secondary N) is 3. The number of hydrogen-bond acceptors (Lipinski definition) is 11. The van der Waals surface area contributed by atoms with Gasteiger partial charge in [-0.25, -0.2) is 9.78 Å². The third-order valence-corrected chi connectivity index (χ3v) is 7.29. The number of hydrogen-bond donors (Lipinski definition) is 3. The van der Waals surface area contributed by atoms with Crippen LogP contribution in [0.4, 0.5) is 4.79 Å². The zero-order chi connectivity index (χ0) is 32.4. The molecule has 0 bridgehead atoms. The number of aromatic nitrogens is 2. The second kappa shape index (κ2) is 15.8. The molecule has 2 aliphatic heterocycles. The van der Waals surface area contributed by atoms with Crippen molar-refractivity contribution in [2.45, 2.75) is 77.2 Å². The number of ketones is 1. The van der Waals surface area contributed by atoms with Gasteiger partial charge in [0.05, 0.1) is 18.7 Å². The minimum Gasteiger partial charge on any atom is -0.474 e. The number of piperazine rings is 1. The van der Waals surface area contributed by atoms with Crippen molar-refractivity contribution in [2.75, 3.05) is 39.3 Å². The molecule has 4 rings (SSSR count). The average molecular weight is 625 g/mol. The predicted octanol–water partition coefficient (Wildman–Crippen LogP) is 2.49. The smallest absolute Gasteiger partial charge is 0.409 e. The first-order chi connectivity index (χ1) is 21.5. The van der Waals surface area contributed by atoms with E-state index in [9.17, 15) is 19.2 Å². The van der Waals surface area contributed by atoms with E-state index < -0.39 is 35.7 Å². The molecule has 2 saturated heterocycles. The van der Waals surface area contributed by atoms with E-state index in [0.717, 1.165) is 25.9 Å². The van der Waals surface area contributed by atoms with Gasteiger partial charge in [-0.1, -0.05) is 30.3 Å². The molecule has 0 spiro atoms. The van der Waals surface area contributed by atoms with Crippen molar-refractivity contribution in [2.24, 2.45) is 0 Å². The Morgan fingerprint density at radius 1 is 1.07 bits per heavy atom. The molecule has 0 radical (unpaired) electrons. The third kappa shape index (κ3) is 10.2. The normalized spacial score (nSPS) is 18.0. The Balaban J connectivity index is 1.58. The number of benzene rings is 1. The van der Waals surface area contributed by atoms with Gasteiger partial charge in [0.1, 0.15) is 17.4 Å². The third-order valence-electron chi connectivity index (χ3n) is 7.29. The van der Waals surface area contributed by atoms with Crippen LogP contribution in [0.1, 0.15) is 63.9 Å². The average Bonchev–Trinajstić information content (AvgIpc) is 3.02. The maximum absolute atomic E-state index is 13.8. The van der Waals surface area contributed by atoms with Crippen molar-refractivity contribution in [3.8, 4) is 17.3 Å². The van der Waals surface area contributed by atoms with Crippen LogP contribution in [0.25, 0.3) is 11.4 Å². The lowest BCUT2D eigenvalue weighted by molar-refractivity contribution is -0.155. The zero-order valence-electron chi connectivity index (χ0n) is 26.5. The molecule has 2 amide bonds. The van der Waals surface area contributed by atoms with Gasteiger partial charge >= 0.3 is 12.1 Å². The Morgan fingerprint density at radius 2 is 1.80 bits per heavy atom. The van der Waals surface area contributed by atoms with Gasteiger partial charge < -0.3 is 35.1 Å². The monoisotopic (exact) mass is 624 g/mol. The number of Topliss-reactive ketones (excluding diaryl/α,β-unsaturated/α-hetero) is 1. The van der Waals surface area contributed by atoms with Gasteiger partial charge in [0.25, 0.3) is 5.91 Å². The number of carbonyl (C=O) groups excluding carboxylic acids is 4. The highest BCUT2D eigenvalue weighted by Gasteiger charge is 2.34. The van der Waals surface area contributed by atoms with Gasteiger partial charge in [0.2, 0.25) is 5.88 Å². The lowest BCUT2D eigenvalue weighted by Crippen LogP contribution is -2.59. The van der Waals surface area contributed by atoms with E-state index in [0.29, 0.717) is 24.5 Å². The summed E-state index contributed by atoms with van der Waals surface area (Å²) in [6, 6.07) is 8.85. The number of piperidine rings is 1. The molecule has 13 nitrogen and oxygen atoms in total. The molecule has 2 fully saturated rings. The van der Waals surface area contributed by atoms with Gasteiger partial charge in [-0.3, -0.25) is 14.4 Å². The molecule has 244 valence electrons. The molecule has 0 saturated carbocycles. The van der Waals surface area contributed by atoms with E-state index in [1.54, 1.807) is 27.7 Å². The van der Waals surface area contributed by atoms with Crippen LogP contribution in [0, 0.1) is 0 Å². The van der Waals surface area contributed by atoms with Gasteiger partial charge in [0.15, 0.2) is 11.6 Å². The van der Waals surface area contributed by atoms with Crippen molar-refractivity contribution in [1.82, 2.24) is 30.8 Å². The number of esters is 1. The summed E-state index contributed by atoms with van der Waals surface area (Å²) in [7, 11) is 0. The van der Waals surface area contributed by atoms with Crippen LogP contribution >= 0.6 is 0 Å². The minimum absolute atomic E-state index is 0.00781. The van der Waals surface area contributed by atoms with Crippen molar-refractivity contribution in [3.05, 3.63) is 42.1 Å². The fourth-order valence-corrected chi connectivity index (χ4v) is 5.14. The summed E-state index contributed by atoms with van der Waals surface area (Å²) in [4.78, 5) is 63.1. The van der Waals surface area contributed by atoms with E-state index in [1.165, 1.54) is 11.0 Å². The summed E-state index contributed by atoms with van der Waals surface area (Å²) < 4.78 is 16.7. The van der Waals surface area contributed by atoms with Crippen molar-refractivity contribution < 1.29 is 33.4 Å². The Labute approximate surface area is 263 Å². The molecular weight excluding hydrogens is 580 g/mol. The highest BCUT2D eigenvalue weighted by atomic mass is 16.6. The number of carbonyl (C=O) groups is 4. The van der Waals surface area contributed by atoms with Gasteiger partial charge in [-0.2, -0.15) is 4.98 Å². The largest absolute Gasteiger partial charge is 0.474 e. The first-order valence-corrected chi connectivity index (χ1v) is 15.6. The maximum Gasteiger partial charge on any atom is 0.409 e. The molecule has 45 heavy (non-hydrogen) atoms. The number of rotatable bonds is 11. The van der Waals surface area contributed by atoms with Crippen LogP contribution in [0.5, 0.6) is 5.88 Å². The molecule has 2 atom stereocenters. The maximum atomic E-state index is 13.8. The molecule has 3 N–H and O–H groups in total. The lowest BCUT2D eigenvalue weighted by Gasteiger charge is -2.34. The van der Waals surface area contributed by atoms with Crippen molar-refractivity contribution in [3.63, 3.8) is 0 Å². The van der Waals surface area contributed by atoms with Crippen LogP contribution in [0.15, 0.2) is 36.4 Å². The van der Waals surface area contributed by atoms with Gasteiger partial charge in [0, 0.05) is 37.7 Å². The lowest BCUT2D eigenvalue weighted by atomic mass is 9.98. The Bertz CT molecular complexity index is 1330. The number of amides is 2. The van der Waals surface area contributed by atoms with E-state index in [-0.39, 0.29) is 49.5 Å². The first kappa shape index (κ1) is 33.8. The molecule has 0 aliphatic carbocycles. The highest BCUT2D eigenvalue weighted by Crippen LogP contribution is 2.22. The van der Waals surface area contributed by atoms with E-state index in [1.807, 2.05) is 30.3 Å². The Hall–Kier alpha value is -4.10. The fraction of sp³-hybridized carbons (Fsp3) is 0.562. The van der Waals surface area contributed by atoms with Gasteiger partial charge in [-0.05, 0) is 60.0 Å². The van der Waals surface area contributed by atoms with Crippen LogP contribution in [0.2, 0.25) is 0 Å². The van der Waals surface area contributed by atoms with Crippen LogP contribution in [0.3, 0.4) is 0 Å². The van der Waals surface area contributed by atoms with Crippen molar-refractivity contribution in [1.29, 1.82) is 0 Å². The minimum atomic E-state index is -1.08. The van der Waals surface area contributed by atoms with Crippen LogP contribution < -0.4 is 20.7 Å². The zero-order valence-corrected chi connectivity index (χ0v) is 26.5. The number of nitrogens with zero attached hydrogens (tertiary/aromatic N) is 3. The van der Waals surface area contributed by atoms with E-state index in [2.05, 4.69) is 25.9 Å². The molecule has 2 aromatic rings. The highest BCUT2D eigenvalue weighted by molar-refractivity contribution is 5.99. The van der Waals surface area contributed by atoms with Crippen LogP contribution in [-0.2, 0) is 19.1 Å². The van der Waals surface area contributed by atoms with Gasteiger partial charge in [-0.15, -0.1) is 0 Å². The molecule has 2 aliphatic rings. The molecule has 1 aromatic heterocycles. The summed E-state index contributed by atoms with van der Waals surface area (Å²) in [5.41, 5.74) is 0.0164. The van der Waals surface area contributed by atoms with E-state index >= 15 is 0 Å². The SMILES string of the molecule is CCOC(=O)N1CCNC(C(=O)C(CCC(=O)OC(C)(C)C)NC(=O)c2cc(OC3CCNCC3)nc(-c3ccccc3)n2)C1. The Kier molecular flexibility index (Phi) is 11.8. The first-order valence-electron chi connectivity index (χ1n) is 15.6. The number of ether oxygens (including phenoxy) is 3. The van der Waals surface area contributed by atoms with Crippen molar-refractivity contribution >= 4 is 23.8 Å². The quantitative estimate of drug-likeness (QED) is 0.315. The Morgan fingerprint density at radius 3 is 2.49 bits per heavy atom. The standard InChI is InChI=1S/C32H44N6O7/c1-5-43-31(42)38-18-17-34-25(20-38)28(40)23(11-12-27(39)45-32(2,3)4)36-30(41)24-19-26(44-22-13-15-33-16-14-22)37-29(35-24)21-9-7-6-8-10-21/h6-10,19,22-23,25,33-34H,5,11-18,20H2,1-4H3,(H,36,41). The van der Waals surface area contributed by atoms with Crippen LogP contribution in [-0.4, -0.2) is 102 Å². The molecular formula is C32H44N6O7. The fourth-order valence-electron chi connectivity index (χ4n) is 5.14. The topological polar surface area (TPSA) is 161 Å². The molecule has 1 aromatic carbocycles. The predicted molar refractivity (Wildman–Crippen MR) is 166 cm³/mol. The summed E-state index contributed by atoms with van der Waals surface area (Å²) >= 11 is 0. The summed E-state index contributed by atoms with van der Waals surface area (Å²) in [5, 5.41) is 9.23. The molecule has 3 heterocycles. The molecule has 13 heteroatoms. The second-order valence-electron chi connectivity index (χ2n) is 12.1. The van der Waals surface area contributed by atoms with E-state index in [4.69, 9.17) is 14.2 Å². The second-order valence-corrected chi connectivity index (χ2v) is 12.1. The molecule has 2 unspecified atom stereocenters. The summed E-state index contributed by atoms with van der Waals surface area (Å²) in [6.07, 6.45) is 0.901. The summed E-state index contributed by atoms with van der Waals surface area (Å²) in [5.74, 6) is -0.917.